The Morgan fingerprint density at radius 3 is 2.56 bits per heavy atom. The van der Waals surface area contributed by atoms with Gasteiger partial charge in [0.2, 0.25) is 0 Å². The standard InChI is InChI=1S/C16H22N2/c1-12-8-9-16(13(12)2)18-11-15(10-17)14-6-4-3-5-7-14/h3-7,12-13,15-16,18H,8-9,11H2,1-2H3. The summed E-state index contributed by atoms with van der Waals surface area (Å²) < 4.78 is 0. The first-order valence-electron chi connectivity index (χ1n) is 6.90. The zero-order valence-electron chi connectivity index (χ0n) is 11.3. The van der Waals surface area contributed by atoms with Gasteiger partial charge in [-0.15, -0.1) is 0 Å². The van der Waals surface area contributed by atoms with Crippen molar-refractivity contribution in [2.45, 2.75) is 38.6 Å². The summed E-state index contributed by atoms with van der Waals surface area (Å²) >= 11 is 0. The molecule has 2 heteroatoms. The van der Waals surface area contributed by atoms with E-state index in [1.54, 1.807) is 0 Å². The summed E-state index contributed by atoms with van der Waals surface area (Å²) in [7, 11) is 0. The Morgan fingerprint density at radius 2 is 2.00 bits per heavy atom. The summed E-state index contributed by atoms with van der Waals surface area (Å²) in [5, 5.41) is 12.9. The Labute approximate surface area is 110 Å². The maximum absolute atomic E-state index is 9.28. The van der Waals surface area contributed by atoms with E-state index in [0.717, 1.165) is 23.9 Å². The number of rotatable bonds is 4. The van der Waals surface area contributed by atoms with E-state index >= 15 is 0 Å². The van der Waals surface area contributed by atoms with Gasteiger partial charge in [0.15, 0.2) is 0 Å². The average molecular weight is 242 g/mol. The fourth-order valence-electron chi connectivity index (χ4n) is 2.85. The molecule has 2 rings (SSSR count). The molecule has 0 aliphatic heterocycles. The van der Waals surface area contributed by atoms with Crippen molar-refractivity contribution in [1.82, 2.24) is 5.32 Å². The highest BCUT2D eigenvalue weighted by atomic mass is 14.9. The molecule has 0 amide bonds. The lowest BCUT2D eigenvalue weighted by atomic mass is 9.96. The molecule has 96 valence electrons. The Kier molecular flexibility index (Phi) is 4.38. The summed E-state index contributed by atoms with van der Waals surface area (Å²) in [6.07, 6.45) is 2.55. The van der Waals surface area contributed by atoms with Crippen LogP contribution in [-0.4, -0.2) is 12.6 Å². The molecular formula is C16H22N2. The highest BCUT2D eigenvalue weighted by molar-refractivity contribution is 5.25. The minimum atomic E-state index is -0.0330. The number of hydrogen-bond donors (Lipinski definition) is 1. The molecule has 18 heavy (non-hydrogen) atoms. The van der Waals surface area contributed by atoms with Crippen molar-refractivity contribution in [1.29, 1.82) is 5.26 Å². The number of hydrogen-bond acceptors (Lipinski definition) is 2. The average Bonchev–Trinajstić information content (AvgIpc) is 2.72. The smallest absolute Gasteiger partial charge is 0.0837 e. The normalized spacial score (nSPS) is 28.8. The van der Waals surface area contributed by atoms with Crippen LogP contribution < -0.4 is 5.32 Å². The van der Waals surface area contributed by atoms with Crippen LogP contribution in [0.25, 0.3) is 0 Å². The molecule has 1 aliphatic rings. The van der Waals surface area contributed by atoms with Crippen LogP contribution in [0.5, 0.6) is 0 Å². The van der Waals surface area contributed by atoms with Crippen molar-refractivity contribution in [3.8, 4) is 6.07 Å². The largest absolute Gasteiger partial charge is 0.312 e. The van der Waals surface area contributed by atoms with Crippen LogP contribution in [0.4, 0.5) is 0 Å². The second kappa shape index (κ2) is 6.02. The second-order valence-electron chi connectivity index (χ2n) is 5.52. The van der Waals surface area contributed by atoms with Gasteiger partial charge in [-0.05, 0) is 30.2 Å². The first-order valence-corrected chi connectivity index (χ1v) is 6.90. The van der Waals surface area contributed by atoms with Gasteiger partial charge >= 0.3 is 0 Å². The van der Waals surface area contributed by atoms with Crippen molar-refractivity contribution in [3.05, 3.63) is 35.9 Å². The third kappa shape index (κ3) is 2.91. The summed E-state index contributed by atoms with van der Waals surface area (Å²) in [4.78, 5) is 0. The Balaban J connectivity index is 1.91. The third-order valence-electron chi connectivity index (χ3n) is 4.41. The van der Waals surface area contributed by atoms with Crippen LogP contribution >= 0.6 is 0 Å². The lowest BCUT2D eigenvalue weighted by Gasteiger charge is -2.21. The maximum Gasteiger partial charge on any atom is 0.0837 e. The molecular weight excluding hydrogens is 220 g/mol. The first kappa shape index (κ1) is 13.1. The Morgan fingerprint density at radius 1 is 1.28 bits per heavy atom. The number of nitriles is 1. The van der Waals surface area contributed by atoms with E-state index in [2.05, 4.69) is 25.2 Å². The third-order valence-corrected chi connectivity index (χ3v) is 4.41. The van der Waals surface area contributed by atoms with Crippen LogP contribution in [0.1, 0.15) is 38.2 Å². The van der Waals surface area contributed by atoms with Crippen LogP contribution in [0.2, 0.25) is 0 Å². The summed E-state index contributed by atoms with van der Waals surface area (Å²) in [6, 6.07) is 13.1. The lowest BCUT2D eigenvalue weighted by molar-refractivity contribution is 0.369. The highest BCUT2D eigenvalue weighted by Gasteiger charge is 2.29. The van der Waals surface area contributed by atoms with Crippen molar-refractivity contribution < 1.29 is 0 Å². The predicted molar refractivity (Wildman–Crippen MR) is 74.1 cm³/mol. The minimum absolute atomic E-state index is 0.0330. The van der Waals surface area contributed by atoms with Gasteiger partial charge in [-0.3, -0.25) is 0 Å². The molecule has 0 spiro atoms. The zero-order chi connectivity index (χ0) is 13.0. The maximum atomic E-state index is 9.28. The van der Waals surface area contributed by atoms with Crippen molar-refractivity contribution in [3.63, 3.8) is 0 Å². The minimum Gasteiger partial charge on any atom is -0.312 e. The van der Waals surface area contributed by atoms with E-state index in [1.165, 1.54) is 12.8 Å². The van der Waals surface area contributed by atoms with E-state index in [0.29, 0.717) is 6.04 Å². The molecule has 1 aliphatic carbocycles. The fourth-order valence-corrected chi connectivity index (χ4v) is 2.85. The van der Waals surface area contributed by atoms with Crippen molar-refractivity contribution in [2.75, 3.05) is 6.54 Å². The van der Waals surface area contributed by atoms with E-state index in [-0.39, 0.29) is 5.92 Å². The van der Waals surface area contributed by atoms with Gasteiger partial charge in [-0.1, -0.05) is 44.2 Å². The van der Waals surface area contributed by atoms with Crippen LogP contribution in [-0.2, 0) is 0 Å². The van der Waals surface area contributed by atoms with Crippen molar-refractivity contribution >= 4 is 0 Å². The SMILES string of the molecule is CC1CCC(NCC(C#N)c2ccccc2)C1C. The molecule has 2 nitrogen and oxygen atoms in total. The highest BCUT2D eigenvalue weighted by Crippen LogP contribution is 2.31. The molecule has 1 aromatic rings. The monoisotopic (exact) mass is 242 g/mol. The molecule has 0 radical (unpaired) electrons. The van der Waals surface area contributed by atoms with Gasteiger partial charge in [-0.2, -0.15) is 5.26 Å². The molecule has 4 atom stereocenters. The molecule has 0 aromatic heterocycles. The van der Waals surface area contributed by atoms with Crippen LogP contribution in [0, 0.1) is 23.2 Å². The number of nitrogens with one attached hydrogen (secondary N) is 1. The molecule has 1 N–H and O–H groups in total. The van der Waals surface area contributed by atoms with E-state index in [9.17, 15) is 5.26 Å². The molecule has 4 unspecified atom stereocenters. The van der Waals surface area contributed by atoms with Gasteiger partial charge in [0, 0.05) is 12.6 Å². The second-order valence-corrected chi connectivity index (χ2v) is 5.52. The summed E-state index contributed by atoms with van der Waals surface area (Å²) in [6.45, 7) is 5.41. The van der Waals surface area contributed by atoms with Crippen molar-refractivity contribution in [2.24, 2.45) is 11.8 Å². The molecule has 0 bridgehead atoms. The fraction of sp³-hybridized carbons (Fsp3) is 0.562. The van der Waals surface area contributed by atoms with E-state index in [4.69, 9.17) is 0 Å². The molecule has 1 saturated carbocycles. The Bertz CT molecular complexity index is 407. The molecule has 0 saturated heterocycles. The zero-order valence-corrected chi connectivity index (χ0v) is 11.3. The van der Waals surface area contributed by atoms with Crippen LogP contribution in [0.3, 0.4) is 0 Å². The first-order chi connectivity index (χ1) is 8.72. The topological polar surface area (TPSA) is 35.8 Å². The van der Waals surface area contributed by atoms with Crippen LogP contribution in [0.15, 0.2) is 30.3 Å². The summed E-state index contributed by atoms with van der Waals surface area (Å²) in [5.41, 5.74) is 1.12. The van der Waals surface area contributed by atoms with E-state index < -0.39 is 0 Å². The quantitative estimate of drug-likeness (QED) is 0.879. The van der Waals surface area contributed by atoms with E-state index in [1.807, 2.05) is 30.3 Å². The lowest BCUT2D eigenvalue weighted by Crippen LogP contribution is -2.35. The van der Waals surface area contributed by atoms with Gasteiger partial charge in [0.05, 0.1) is 12.0 Å². The van der Waals surface area contributed by atoms with Gasteiger partial charge < -0.3 is 5.32 Å². The molecule has 0 heterocycles. The summed E-state index contributed by atoms with van der Waals surface area (Å²) in [5.74, 6) is 1.49. The molecule has 1 aromatic carbocycles. The number of nitrogens with zero attached hydrogens (tertiary/aromatic N) is 1. The van der Waals surface area contributed by atoms with Gasteiger partial charge in [0.25, 0.3) is 0 Å². The van der Waals surface area contributed by atoms with Gasteiger partial charge in [0.1, 0.15) is 0 Å². The predicted octanol–water partition coefficient (Wildman–Crippen LogP) is 3.32. The van der Waals surface area contributed by atoms with Gasteiger partial charge in [-0.25, -0.2) is 0 Å². The Hall–Kier alpha value is -1.33. The number of benzene rings is 1. The molecule has 1 fully saturated rings.